The zero-order valence-electron chi connectivity index (χ0n) is 14.0. The fourth-order valence-corrected chi connectivity index (χ4v) is 2.51. The lowest BCUT2D eigenvalue weighted by Crippen LogP contribution is -2.18. The van der Waals surface area contributed by atoms with Gasteiger partial charge in [-0.05, 0) is 24.6 Å². The molecule has 0 aliphatic heterocycles. The van der Waals surface area contributed by atoms with Crippen molar-refractivity contribution in [1.82, 2.24) is 19.9 Å². The Morgan fingerprint density at radius 3 is 2.81 bits per heavy atom. The molecule has 0 radical (unpaired) electrons. The van der Waals surface area contributed by atoms with E-state index in [2.05, 4.69) is 30.6 Å². The largest absolute Gasteiger partial charge is 0.451 e. The molecule has 0 spiro atoms. The highest BCUT2D eigenvalue weighted by molar-refractivity contribution is 6.31. The third-order valence-corrected chi connectivity index (χ3v) is 4.13. The Labute approximate surface area is 156 Å². The van der Waals surface area contributed by atoms with Gasteiger partial charge in [0.2, 0.25) is 11.7 Å². The second-order valence-electron chi connectivity index (χ2n) is 5.63. The fourth-order valence-electron chi connectivity index (χ4n) is 2.34. The minimum Gasteiger partial charge on any atom is -0.368 e. The average Bonchev–Trinajstić information content (AvgIpc) is 3.07. The summed E-state index contributed by atoms with van der Waals surface area (Å²) >= 11 is 6.00. The van der Waals surface area contributed by atoms with Crippen molar-refractivity contribution in [2.45, 2.75) is 19.5 Å². The van der Waals surface area contributed by atoms with Gasteiger partial charge in [-0.3, -0.25) is 4.79 Å². The first-order chi connectivity index (χ1) is 12.8. The first-order valence-electron chi connectivity index (χ1n) is 7.83. The fraction of sp³-hybridized carbons (Fsp3) is 0.250. The molecule has 0 fully saturated rings. The van der Waals surface area contributed by atoms with E-state index in [4.69, 9.17) is 11.6 Å². The SMILES string of the molecule is Cc1c(Cl)cccc1NC(=O)CCNc1nc(C(F)(F)F)nc2nc[nH]c12. The highest BCUT2D eigenvalue weighted by Crippen LogP contribution is 2.29. The monoisotopic (exact) mass is 398 g/mol. The number of H-pyrrole nitrogens is 1. The number of carbonyl (C=O) groups is 1. The molecule has 1 amide bonds. The van der Waals surface area contributed by atoms with Crippen LogP contribution in [0.4, 0.5) is 24.7 Å². The highest BCUT2D eigenvalue weighted by Gasteiger charge is 2.36. The Hall–Kier alpha value is -2.88. The zero-order valence-corrected chi connectivity index (χ0v) is 14.7. The van der Waals surface area contributed by atoms with Crippen LogP contribution < -0.4 is 10.6 Å². The number of hydrogen-bond acceptors (Lipinski definition) is 5. The number of benzene rings is 1. The average molecular weight is 399 g/mol. The number of nitrogens with zero attached hydrogens (tertiary/aromatic N) is 3. The molecule has 1 aromatic carbocycles. The van der Waals surface area contributed by atoms with E-state index in [-0.39, 0.29) is 35.9 Å². The number of carbonyl (C=O) groups excluding carboxylic acids is 1. The Balaban J connectivity index is 1.67. The topological polar surface area (TPSA) is 95.6 Å². The van der Waals surface area contributed by atoms with Gasteiger partial charge in [0.15, 0.2) is 11.5 Å². The lowest BCUT2D eigenvalue weighted by Gasteiger charge is -2.11. The van der Waals surface area contributed by atoms with Crippen molar-refractivity contribution >= 4 is 40.2 Å². The van der Waals surface area contributed by atoms with Gasteiger partial charge in [-0.15, -0.1) is 0 Å². The number of nitrogens with one attached hydrogen (secondary N) is 3. The summed E-state index contributed by atoms with van der Waals surface area (Å²) < 4.78 is 38.7. The van der Waals surface area contributed by atoms with E-state index in [9.17, 15) is 18.0 Å². The van der Waals surface area contributed by atoms with Gasteiger partial charge in [0.05, 0.1) is 6.33 Å². The number of amides is 1. The Bertz CT molecular complexity index is 988. The number of aromatic nitrogens is 4. The van der Waals surface area contributed by atoms with E-state index in [1.807, 2.05) is 0 Å². The number of halogens is 4. The van der Waals surface area contributed by atoms with E-state index >= 15 is 0 Å². The second-order valence-corrected chi connectivity index (χ2v) is 6.04. The maximum absolute atomic E-state index is 12.9. The maximum Gasteiger partial charge on any atom is 0.451 e. The summed E-state index contributed by atoms with van der Waals surface area (Å²) in [5.41, 5.74) is 1.42. The number of hydrogen-bond donors (Lipinski definition) is 3. The molecule has 2 heterocycles. The molecule has 2 aromatic heterocycles. The van der Waals surface area contributed by atoms with Crippen LogP contribution in [-0.4, -0.2) is 32.4 Å². The molecule has 27 heavy (non-hydrogen) atoms. The van der Waals surface area contributed by atoms with Crippen LogP contribution in [0.25, 0.3) is 11.2 Å². The predicted octanol–water partition coefficient (Wildman–Crippen LogP) is 3.77. The van der Waals surface area contributed by atoms with Crippen LogP contribution in [0.3, 0.4) is 0 Å². The van der Waals surface area contributed by atoms with Crippen LogP contribution in [-0.2, 0) is 11.0 Å². The molecule has 0 bridgehead atoms. The van der Waals surface area contributed by atoms with Crippen LogP contribution in [0.1, 0.15) is 17.8 Å². The summed E-state index contributed by atoms with van der Waals surface area (Å²) in [4.78, 5) is 25.3. The molecule has 3 N–H and O–H groups in total. The first kappa shape index (κ1) is 18.9. The van der Waals surface area contributed by atoms with Gasteiger partial charge in [-0.25, -0.2) is 15.0 Å². The van der Waals surface area contributed by atoms with Crippen molar-refractivity contribution in [2.75, 3.05) is 17.2 Å². The Kier molecular flexibility index (Phi) is 5.17. The summed E-state index contributed by atoms with van der Waals surface area (Å²) in [6.45, 7) is 1.83. The van der Waals surface area contributed by atoms with Gasteiger partial charge in [-0.1, -0.05) is 17.7 Å². The minimum atomic E-state index is -4.70. The summed E-state index contributed by atoms with van der Waals surface area (Å²) in [6.07, 6.45) is -3.47. The molecule has 3 rings (SSSR count). The normalized spacial score (nSPS) is 11.6. The van der Waals surface area contributed by atoms with Crippen molar-refractivity contribution in [3.05, 3.63) is 40.9 Å². The molecule has 0 aliphatic rings. The smallest absolute Gasteiger partial charge is 0.368 e. The van der Waals surface area contributed by atoms with Crippen molar-refractivity contribution < 1.29 is 18.0 Å². The molecular weight excluding hydrogens is 385 g/mol. The van der Waals surface area contributed by atoms with Crippen LogP contribution in [0.5, 0.6) is 0 Å². The lowest BCUT2D eigenvalue weighted by molar-refractivity contribution is -0.144. The molecule has 11 heteroatoms. The van der Waals surface area contributed by atoms with Gasteiger partial charge < -0.3 is 15.6 Å². The van der Waals surface area contributed by atoms with Gasteiger partial charge >= 0.3 is 6.18 Å². The summed E-state index contributed by atoms with van der Waals surface area (Å²) in [5.74, 6) is -1.70. The number of alkyl halides is 3. The third kappa shape index (κ3) is 4.27. The maximum atomic E-state index is 12.9. The summed E-state index contributed by atoms with van der Waals surface area (Å²) in [6, 6.07) is 5.12. The second kappa shape index (κ2) is 7.39. The van der Waals surface area contributed by atoms with Crippen molar-refractivity contribution in [3.63, 3.8) is 0 Å². The molecule has 0 unspecified atom stereocenters. The number of anilines is 2. The van der Waals surface area contributed by atoms with Gasteiger partial charge in [0, 0.05) is 23.7 Å². The summed E-state index contributed by atoms with van der Waals surface area (Å²) in [7, 11) is 0. The van der Waals surface area contributed by atoms with Crippen LogP contribution in [0, 0.1) is 6.92 Å². The van der Waals surface area contributed by atoms with Gasteiger partial charge in [0.25, 0.3) is 0 Å². The lowest BCUT2D eigenvalue weighted by atomic mass is 10.2. The molecule has 142 valence electrons. The summed E-state index contributed by atoms with van der Waals surface area (Å²) in [5, 5.41) is 5.95. The quantitative estimate of drug-likeness (QED) is 0.608. The van der Waals surface area contributed by atoms with E-state index in [0.29, 0.717) is 10.7 Å². The number of rotatable bonds is 5. The van der Waals surface area contributed by atoms with Crippen LogP contribution >= 0.6 is 11.6 Å². The zero-order chi connectivity index (χ0) is 19.6. The molecular formula is C16H14ClF3N6O. The van der Waals surface area contributed by atoms with Gasteiger partial charge in [-0.2, -0.15) is 13.2 Å². The highest BCUT2D eigenvalue weighted by atomic mass is 35.5. The Morgan fingerprint density at radius 1 is 1.30 bits per heavy atom. The Morgan fingerprint density at radius 2 is 2.07 bits per heavy atom. The van der Waals surface area contributed by atoms with Crippen molar-refractivity contribution in [1.29, 1.82) is 0 Å². The van der Waals surface area contributed by atoms with E-state index in [1.165, 1.54) is 6.33 Å². The molecule has 0 atom stereocenters. The number of fused-ring (bicyclic) bond motifs is 1. The predicted molar refractivity (Wildman–Crippen MR) is 94.6 cm³/mol. The molecule has 7 nitrogen and oxygen atoms in total. The van der Waals surface area contributed by atoms with Crippen LogP contribution in [0.2, 0.25) is 5.02 Å². The molecule has 0 aliphatic carbocycles. The third-order valence-electron chi connectivity index (χ3n) is 3.73. The van der Waals surface area contributed by atoms with E-state index in [1.54, 1.807) is 25.1 Å². The number of imidazole rings is 1. The molecule has 0 saturated carbocycles. The van der Waals surface area contributed by atoms with Gasteiger partial charge in [0.1, 0.15) is 5.52 Å². The van der Waals surface area contributed by atoms with Crippen molar-refractivity contribution in [2.24, 2.45) is 0 Å². The van der Waals surface area contributed by atoms with Crippen LogP contribution in [0.15, 0.2) is 24.5 Å². The standard InChI is InChI=1S/C16H14ClF3N6O/c1-8-9(17)3-2-4-10(8)24-11(27)5-6-21-13-12-14(23-7-22-12)26-15(25-13)16(18,19)20/h2-4,7H,5-6H2,1H3,(H,24,27)(H2,21,22,23,25,26). The van der Waals surface area contributed by atoms with E-state index < -0.39 is 12.0 Å². The molecule has 0 saturated heterocycles. The minimum absolute atomic E-state index is 0.00688. The molecule has 3 aromatic rings. The first-order valence-corrected chi connectivity index (χ1v) is 8.20. The van der Waals surface area contributed by atoms with E-state index in [0.717, 1.165) is 5.56 Å². The van der Waals surface area contributed by atoms with Crippen molar-refractivity contribution in [3.8, 4) is 0 Å². The number of aromatic amines is 1.